The molecule has 0 spiro atoms. The van der Waals surface area contributed by atoms with E-state index in [2.05, 4.69) is 16.8 Å². The van der Waals surface area contributed by atoms with Gasteiger partial charge in [0, 0.05) is 26.7 Å². The molecule has 0 aromatic rings. The maximum absolute atomic E-state index is 9.35. The minimum atomic E-state index is -0.198. The molecule has 1 heterocycles. The molecule has 0 saturated carbocycles. The maximum atomic E-state index is 9.35. The fraction of sp³-hybridized carbons (Fsp3) is 1.00. The first kappa shape index (κ1) is 14.9. The molecule has 0 aliphatic carbocycles. The van der Waals surface area contributed by atoms with Crippen LogP contribution in [0.15, 0.2) is 0 Å². The number of aliphatic hydroxyl groups excluding tert-OH is 1. The second-order valence-corrected chi connectivity index (χ2v) is 5.35. The highest BCUT2D eigenvalue weighted by Gasteiger charge is 2.20. The van der Waals surface area contributed by atoms with Gasteiger partial charge in [-0.2, -0.15) is 0 Å². The fourth-order valence-corrected chi connectivity index (χ4v) is 2.50. The third kappa shape index (κ3) is 6.36. The molecule has 0 amide bonds. The van der Waals surface area contributed by atoms with Crippen LogP contribution in [0.25, 0.3) is 0 Å². The van der Waals surface area contributed by atoms with Gasteiger partial charge in [0.1, 0.15) is 0 Å². The van der Waals surface area contributed by atoms with Gasteiger partial charge in [-0.05, 0) is 45.8 Å². The quantitative estimate of drug-likeness (QED) is 0.713. The Balaban J connectivity index is 2.14. The molecule has 1 aliphatic heterocycles. The topological polar surface area (TPSA) is 35.9 Å². The van der Waals surface area contributed by atoms with Crippen LogP contribution in [0.1, 0.15) is 19.8 Å². The number of ether oxygens (including phenoxy) is 1. The number of hydrogen-bond donors (Lipinski definition) is 1. The van der Waals surface area contributed by atoms with E-state index in [-0.39, 0.29) is 6.10 Å². The van der Waals surface area contributed by atoms with Crippen LogP contribution in [-0.2, 0) is 4.74 Å². The molecule has 17 heavy (non-hydrogen) atoms. The van der Waals surface area contributed by atoms with Crippen LogP contribution in [0.2, 0.25) is 0 Å². The Hall–Kier alpha value is -0.160. The minimum absolute atomic E-state index is 0.198. The van der Waals surface area contributed by atoms with E-state index < -0.39 is 0 Å². The normalized spacial score (nSPS) is 21.0. The van der Waals surface area contributed by atoms with E-state index in [1.165, 1.54) is 19.4 Å². The lowest BCUT2D eigenvalue weighted by molar-refractivity contribution is 0.0881. The first-order valence-corrected chi connectivity index (χ1v) is 6.69. The van der Waals surface area contributed by atoms with Gasteiger partial charge < -0.3 is 19.6 Å². The van der Waals surface area contributed by atoms with Gasteiger partial charge in [0.2, 0.25) is 0 Å². The Bertz CT molecular complexity index is 192. The molecule has 1 N–H and O–H groups in total. The molecular formula is C13H28N2O2. The molecule has 1 unspecified atom stereocenters. The van der Waals surface area contributed by atoms with Crippen molar-refractivity contribution in [2.24, 2.45) is 5.92 Å². The summed E-state index contributed by atoms with van der Waals surface area (Å²) in [7, 11) is 3.92. The van der Waals surface area contributed by atoms with Gasteiger partial charge in [-0.1, -0.05) is 0 Å². The zero-order valence-electron chi connectivity index (χ0n) is 11.6. The van der Waals surface area contributed by atoms with Crippen molar-refractivity contribution in [3.05, 3.63) is 0 Å². The SMILES string of the molecule is COCCN(C)CC1CCN(CC(C)O)CC1. The van der Waals surface area contributed by atoms with Crippen molar-refractivity contribution < 1.29 is 9.84 Å². The summed E-state index contributed by atoms with van der Waals surface area (Å²) >= 11 is 0. The first-order chi connectivity index (χ1) is 8.11. The number of aliphatic hydroxyl groups is 1. The van der Waals surface area contributed by atoms with Crippen LogP contribution >= 0.6 is 0 Å². The molecule has 1 atom stereocenters. The van der Waals surface area contributed by atoms with Crippen molar-refractivity contribution in [3.63, 3.8) is 0 Å². The van der Waals surface area contributed by atoms with Crippen molar-refractivity contribution in [2.75, 3.05) is 53.5 Å². The number of rotatable bonds is 7. The summed E-state index contributed by atoms with van der Waals surface area (Å²) in [6.45, 7) is 7.96. The summed E-state index contributed by atoms with van der Waals surface area (Å²) < 4.78 is 5.08. The average Bonchev–Trinajstić information content (AvgIpc) is 2.28. The summed E-state index contributed by atoms with van der Waals surface area (Å²) in [5.41, 5.74) is 0. The Morgan fingerprint density at radius 1 is 1.41 bits per heavy atom. The van der Waals surface area contributed by atoms with E-state index in [1.807, 2.05) is 6.92 Å². The molecular weight excluding hydrogens is 216 g/mol. The number of hydrogen-bond acceptors (Lipinski definition) is 4. The van der Waals surface area contributed by atoms with Gasteiger partial charge in [-0.15, -0.1) is 0 Å². The molecule has 4 nitrogen and oxygen atoms in total. The van der Waals surface area contributed by atoms with Crippen LogP contribution < -0.4 is 0 Å². The summed E-state index contributed by atoms with van der Waals surface area (Å²) in [5.74, 6) is 0.808. The molecule has 0 aromatic carbocycles. The number of β-amino-alcohol motifs (C(OH)–C–C–N with tert-alkyl or cyclic N) is 1. The number of piperidine rings is 1. The highest BCUT2D eigenvalue weighted by molar-refractivity contribution is 4.75. The van der Waals surface area contributed by atoms with Crippen LogP contribution in [0.5, 0.6) is 0 Å². The van der Waals surface area contributed by atoms with Crippen molar-refractivity contribution in [2.45, 2.75) is 25.9 Å². The van der Waals surface area contributed by atoms with E-state index in [4.69, 9.17) is 4.74 Å². The largest absolute Gasteiger partial charge is 0.392 e. The third-order valence-electron chi connectivity index (χ3n) is 3.48. The predicted octanol–water partition coefficient (Wildman–Crippen LogP) is 0.657. The van der Waals surface area contributed by atoms with Gasteiger partial charge in [0.25, 0.3) is 0 Å². The van der Waals surface area contributed by atoms with E-state index in [9.17, 15) is 5.11 Å². The van der Waals surface area contributed by atoms with Gasteiger partial charge >= 0.3 is 0 Å². The maximum Gasteiger partial charge on any atom is 0.0639 e. The lowest BCUT2D eigenvalue weighted by Crippen LogP contribution is -2.41. The average molecular weight is 244 g/mol. The first-order valence-electron chi connectivity index (χ1n) is 6.69. The van der Waals surface area contributed by atoms with Crippen LogP contribution in [0, 0.1) is 5.92 Å². The molecule has 1 fully saturated rings. The highest BCUT2D eigenvalue weighted by atomic mass is 16.5. The Morgan fingerprint density at radius 2 is 2.06 bits per heavy atom. The summed E-state index contributed by atoms with van der Waals surface area (Å²) in [4.78, 5) is 4.73. The van der Waals surface area contributed by atoms with E-state index in [0.717, 1.165) is 38.7 Å². The van der Waals surface area contributed by atoms with Crippen molar-refractivity contribution >= 4 is 0 Å². The Morgan fingerprint density at radius 3 is 2.59 bits per heavy atom. The summed E-state index contributed by atoms with van der Waals surface area (Å²) in [6.07, 6.45) is 2.31. The molecule has 0 bridgehead atoms. The summed E-state index contributed by atoms with van der Waals surface area (Å²) in [6, 6.07) is 0. The Kier molecular flexibility index (Phi) is 7.04. The van der Waals surface area contributed by atoms with Crippen molar-refractivity contribution in [3.8, 4) is 0 Å². The lowest BCUT2D eigenvalue weighted by atomic mass is 9.96. The molecule has 0 aromatic heterocycles. The van der Waals surface area contributed by atoms with Crippen LogP contribution in [0.4, 0.5) is 0 Å². The zero-order chi connectivity index (χ0) is 12.7. The van der Waals surface area contributed by atoms with E-state index in [1.54, 1.807) is 7.11 Å². The molecule has 4 heteroatoms. The fourth-order valence-electron chi connectivity index (χ4n) is 2.50. The van der Waals surface area contributed by atoms with E-state index >= 15 is 0 Å². The summed E-state index contributed by atoms with van der Waals surface area (Å²) in [5, 5.41) is 9.35. The monoisotopic (exact) mass is 244 g/mol. The molecule has 102 valence electrons. The van der Waals surface area contributed by atoms with Crippen molar-refractivity contribution in [1.29, 1.82) is 0 Å². The van der Waals surface area contributed by atoms with Gasteiger partial charge in [-0.3, -0.25) is 0 Å². The number of likely N-dealkylation sites (N-methyl/N-ethyl adjacent to an activating group) is 1. The molecule has 1 saturated heterocycles. The van der Waals surface area contributed by atoms with Crippen LogP contribution in [-0.4, -0.2) is 74.5 Å². The van der Waals surface area contributed by atoms with E-state index in [0.29, 0.717) is 0 Å². The van der Waals surface area contributed by atoms with Gasteiger partial charge in [0.05, 0.1) is 12.7 Å². The van der Waals surface area contributed by atoms with Crippen LogP contribution in [0.3, 0.4) is 0 Å². The minimum Gasteiger partial charge on any atom is -0.392 e. The zero-order valence-corrected chi connectivity index (χ0v) is 11.6. The second kappa shape index (κ2) is 8.03. The second-order valence-electron chi connectivity index (χ2n) is 5.35. The standard InChI is InChI=1S/C13H28N2O2/c1-12(16)10-15-6-4-13(5-7-15)11-14(2)8-9-17-3/h12-13,16H,4-11H2,1-3H3. The molecule has 1 rings (SSSR count). The highest BCUT2D eigenvalue weighted by Crippen LogP contribution is 2.18. The van der Waals surface area contributed by atoms with Gasteiger partial charge in [0.15, 0.2) is 0 Å². The van der Waals surface area contributed by atoms with Gasteiger partial charge in [-0.25, -0.2) is 0 Å². The predicted molar refractivity (Wildman–Crippen MR) is 70.2 cm³/mol. The third-order valence-corrected chi connectivity index (χ3v) is 3.48. The Labute approximate surface area is 106 Å². The van der Waals surface area contributed by atoms with Crippen molar-refractivity contribution in [1.82, 2.24) is 9.80 Å². The molecule has 0 radical (unpaired) electrons. The smallest absolute Gasteiger partial charge is 0.0639 e. The lowest BCUT2D eigenvalue weighted by Gasteiger charge is -2.34. The number of methoxy groups -OCH3 is 1. The number of likely N-dealkylation sites (tertiary alicyclic amines) is 1. The number of nitrogens with zero attached hydrogens (tertiary/aromatic N) is 2. The molecule has 1 aliphatic rings.